The normalized spacial score (nSPS) is 20.2. The Morgan fingerprint density at radius 2 is 1.89 bits per heavy atom. The minimum absolute atomic E-state index is 0.00529. The molecule has 0 bridgehead atoms. The molecule has 1 aromatic rings. The Labute approximate surface area is 170 Å². The molecule has 6 nitrogen and oxygen atoms in total. The summed E-state index contributed by atoms with van der Waals surface area (Å²) in [5.41, 5.74) is 0. The number of hydrogen-bond acceptors (Lipinski definition) is 6. The van der Waals surface area contributed by atoms with Crippen molar-refractivity contribution in [3.63, 3.8) is 0 Å². The molecule has 1 saturated heterocycles. The molecule has 0 radical (unpaired) electrons. The third kappa shape index (κ3) is 8.53. The zero-order chi connectivity index (χ0) is 19.5. The summed E-state index contributed by atoms with van der Waals surface area (Å²) in [6.45, 7) is 5.78. The maximum Gasteiger partial charge on any atom is 0.234 e. The van der Waals surface area contributed by atoms with Crippen LogP contribution in [0, 0.1) is 0 Å². The molecule has 0 aromatic carbocycles. The van der Waals surface area contributed by atoms with E-state index >= 15 is 0 Å². The smallest absolute Gasteiger partial charge is 0.234 e. The highest BCUT2D eigenvalue weighted by molar-refractivity contribution is 8.76. The molecule has 0 aliphatic carbocycles. The van der Waals surface area contributed by atoms with Crippen LogP contribution in [0.15, 0.2) is 29.4 Å². The van der Waals surface area contributed by atoms with Crippen LogP contribution in [-0.2, 0) is 9.59 Å². The van der Waals surface area contributed by atoms with Crippen molar-refractivity contribution in [1.82, 2.24) is 20.5 Å². The van der Waals surface area contributed by atoms with Gasteiger partial charge in [0.25, 0.3) is 0 Å². The molecule has 150 valence electrons. The van der Waals surface area contributed by atoms with Gasteiger partial charge in [-0.15, -0.1) is 0 Å². The largest absolute Gasteiger partial charge is 0.355 e. The van der Waals surface area contributed by atoms with Crippen molar-refractivity contribution in [2.45, 2.75) is 56.6 Å². The van der Waals surface area contributed by atoms with Gasteiger partial charge in [-0.25, -0.2) is 4.98 Å². The molecule has 2 rings (SSSR count). The predicted molar refractivity (Wildman–Crippen MR) is 113 cm³/mol. The molecule has 27 heavy (non-hydrogen) atoms. The quantitative estimate of drug-likeness (QED) is 0.265. The maximum atomic E-state index is 12.1. The third-order valence-corrected chi connectivity index (χ3v) is 6.93. The van der Waals surface area contributed by atoms with Crippen molar-refractivity contribution in [2.75, 3.05) is 25.4 Å². The molecule has 0 unspecified atom stereocenters. The van der Waals surface area contributed by atoms with Crippen molar-refractivity contribution in [3.8, 4) is 0 Å². The van der Waals surface area contributed by atoms with Gasteiger partial charge in [0.1, 0.15) is 5.03 Å². The van der Waals surface area contributed by atoms with E-state index in [4.69, 9.17) is 0 Å². The lowest BCUT2D eigenvalue weighted by molar-refractivity contribution is -0.124. The van der Waals surface area contributed by atoms with Crippen molar-refractivity contribution in [1.29, 1.82) is 0 Å². The topological polar surface area (TPSA) is 74.3 Å². The first-order chi connectivity index (χ1) is 13.1. The number of nitrogens with zero attached hydrogens (tertiary/aromatic N) is 2. The number of hydrogen-bond donors (Lipinski definition) is 2. The van der Waals surface area contributed by atoms with Crippen LogP contribution in [0.2, 0.25) is 0 Å². The predicted octanol–water partition coefficient (Wildman–Crippen LogP) is 2.71. The van der Waals surface area contributed by atoms with Crippen LogP contribution < -0.4 is 10.6 Å². The first kappa shape index (κ1) is 22.0. The van der Waals surface area contributed by atoms with Crippen LogP contribution >= 0.6 is 21.6 Å². The van der Waals surface area contributed by atoms with Gasteiger partial charge in [0, 0.05) is 43.5 Å². The van der Waals surface area contributed by atoms with Crippen LogP contribution in [-0.4, -0.2) is 59.2 Å². The number of nitrogens with one attached hydrogen (secondary N) is 2. The Morgan fingerprint density at radius 3 is 2.59 bits per heavy atom. The molecule has 2 amide bonds. The number of carbonyl (C=O) groups excluding carboxylic acids is 2. The molecule has 2 atom stereocenters. The highest BCUT2D eigenvalue weighted by atomic mass is 33.1. The Kier molecular flexibility index (Phi) is 10.0. The Balaban J connectivity index is 1.50. The van der Waals surface area contributed by atoms with Gasteiger partial charge in [-0.1, -0.05) is 23.3 Å². The lowest BCUT2D eigenvalue weighted by Crippen LogP contribution is -2.49. The first-order valence-corrected chi connectivity index (χ1v) is 11.9. The lowest BCUT2D eigenvalue weighted by Gasteiger charge is -2.38. The van der Waals surface area contributed by atoms with Crippen LogP contribution in [0.4, 0.5) is 0 Å². The SMILES string of the molecule is [13CH3][C@@H]1CCC[13C@H]([13CH3])N1CC(=O)[15NH]CCC(=O)NCCSSc1ccccn1. The zero-order valence-corrected chi connectivity index (χ0v) is 17.8. The molecule has 0 spiro atoms. The molecule has 1 aromatic heterocycles. The number of rotatable bonds is 10. The van der Waals surface area contributed by atoms with Crippen molar-refractivity contribution >= 4 is 33.4 Å². The number of amides is 2. The molecule has 1 aliphatic rings. The second kappa shape index (κ2) is 12.3. The van der Waals surface area contributed by atoms with E-state index in [0.717, 1.165) is 23.6 Å². The number of piperidine rings is 1. The van der Waals surface area contributed by atoms with E-state index in [2.05, 4.69) is 34.4 Å². The summed E-state index contributed by atoms with van der Waals surface area (Å²) in [5, 5.41) is 6.72. The summed E-state index contributed by atoms with van der Waals surface area (Å²) in [4.78, 5) is 30.5. The number of pyridine rings is 1. The van der Waals surface area contributed by atoms with E-state index in [1.165, 1.54) is 6.42 Å². The Hall–Kier alpha value is -1.25. The summed E-state index contributed by atoms with van der Waals surface area (Å²) >= 11 is 0. The van der Waals surface area contributed by atoms with Gasteiger partial charge in [-0.05, 0) is 49.6 Å². The Morgan fingerprint density at radius 1 is 1.15 bits per heavy atom. The van der Waals surface area contributed by atoms with Gasteiger partial charge in [-0.2, -0.15) is 0 Å². The summed E-state index contributed by atoms with van der Waals surface area (Å²) in [6, 6.07) is 6.71. The summed E-state index contributed by atoms with van der Waals surface area (Å²) in [7, 11) is 3.26. The first-order valence-electron chi connectivity index (χ1n) is 9.56. The van der Waals surface area contributed by atoms with E-state index in [0.29, 0.717) is 38.1 Å². The van der Waals surface area contributed by atoms with E-state index in [1.54, 1.807) is 27.8 Å². The highest BCUT2D eigenvalue weighted by Crippen LogP contribution is 2.28. The standard InChI is InChI=1S/C19H30N4O2S2/c1-15-6-5-7-16(2)23(15)14-18(25)20-11-9-17(24)21-12-13-26-27-19-8-3-4-10-22-19/h3-4,8,10,15-16H,5-7,9,11-14H2,1-2H3,(H,20,25)(H,21,24)/t15-,16+/i1+1,2+1,15+1,20+1/m0/s1. The van der Waals surface area contributed by atoms with Gasteiger partial charge in [0.2, 0.25) is 11.8 Å². The van der Waals surface area contributed by atoms with Crippen molar-refractivity contribution in [3.05, 3.63) is 24.4 Å². The van der Waals surface area contributed by atoms with Crippen LogP contribution in [0.3, 0.4) is 0 Å². The minimum atomic E-state index is -0.0292. The molecule has 2 N–H and O–H groups in total. The van der Waals surface area contributed by atoms with E-state index < -0.39 is 0 Å². The number of carbonyl (C=O) groups is 2. The van der Waals surface area contributed by atoms with Gasteiger partial charge < -0.3 is 10.6 Å². The summed E-state index contributed by atoms with van der Waals surface area (Å²) in [6.07, 6.45) is 5.62. The van der Waals surface area contributed by atoms with Crippen molar-refractivity contribution < 1.29 is 9.59 Å². The second-order valence-electron chi connectivity index (χ2n) is 6.82. The summed E-state index contributed by atoms with van der Waals surface area (Å²) < 4.78 is 0. The fourth-order valence-corrected chi connectivity index (χ4v) is 4.93. The van der Waals surface area contributed by atoms with Crippen LogP contribution in [0.1, 0.15) is 39.5 Å². The van der Waals surface area contributed by atoms with Crippen molar-refractivity contribution in [2.24, 2.45) is 0 Å². The zero-order valence-electron chi connectivity index (χ0n) is 16.1. The average molecular weight is 415 g/mol. The van der Waals surface area contributed by atoms with Gasteiger partial charge in [0.05, 0.1) is 6.54 Å². The fourth-order valence-electron chi connectivity index (χ4n) is 3.14. The molecule has 1 fully saturated rings. The number of likely N-dealkylation sites (tertiary alicyclic amines) is 1. The number of aromatic nitrogens is 1. The highest BCUT2D eigenvalue weighted by Gasteiger charge is 2.26. The molecular formula is C19H30N4O2S2. The second-order valence-corrected chi connectivity index (χ2v) is 9.26. The lowest BCUT2D eigenvalue weighted by atomic mass is 10.1. The van der Waals surface area contributed by atoms with Crippen LogP contribution in [0.25, 0.3) is 0 Å². The van der Waals surface area contributed by atoms with E-state index in [1.807, 2.05) is 18.2 Å². The van der Waals surface area contributed by atoms with Crippen LogP contribution in [0.5, 0.6) is 0 Å². The van der Waals surface area contributed by atoms with E-state index in [9.17, 15) is 9.59 Å². The molecule has 2 heterocycles. The van der Waals surface area contributed by atoms with E-state index in [-0.39, 0.29) is 11.8 Å². The molecule has 8 heteroatoms. The molecular weight excluding hydrogens is 384 g/mol. The molecule has 1 aliphatic heterocycles. The van der Waals surface area contributed by atoms with Gasteiger partial charge >= 0.3 is 0 Å². The minimum Gasteiger partial charge on any atom is -0.355 e. The monoisotopic (exact) mass is 414 g/mol. The van der Waals surface area contributed by atoms with Gasteiger partial charge in [-0.3, -0.25) is 14.5 Å². The third-order valence-electron chi connectivity index (χ3n) is 4.67. The maximum absolute atomic E-state index is 12.1. The Bertz CT molecular complexity index is 578. The summed E-state index contributed by atoms with van der Waals surface area (Å²) in [5.74, 6) is 0.786. The average Bonchev–Trinajstić information content (AvgIpc) is 2.65. The molecule has 0 saturated carbocycles. The fraction of sp³-hybridized carbons (Fsp3) is 0.632. The van der Waals surface area contributed by atoms with Gasteiger partial charge in [0.15, 0.2) is 0 Å².